The van der Waals surface area contributed by atoms with Gasteiger partial charge in [0.15, 0.2) is 0 Å². The number of nitrogens with zero attached hydrogens (tertiary/aromatic N) is 2. The van der Waals surface area contributed by atoms with Crippen LogP contribution < -0.4 is 15.5 Å². The lowest BCUT2D eigenvalue weighted by Crippen LogP contribution is -2.32. The van der Waals surface area contributed by atoms with Crippen molar-refractivity contribution >= 4 is 45.7 Å². The fraction of sp³-hybridized carbons (Fsp3) is 0.0476. The Bertz CT molecular complexity index is 1230. The van der Waals surface area contributed by atoms with Crippen LogP contribution in [0.25, 0.3) is 21.9 Å². The minimum atomic E-state index is -0.920. The number of para-hydroxylation sites is 1. The molecule has 2 aromatic heterocycles. The average molecular weight is 388 g/mol. The maximum atomic E-state index is 12.2. The van der Waals surface area contributed by atoms with Crippen LogP contribution in [0.5, 0.6) is 5.75 Å². The molecule has 2 amide bonds. The van der Waals surface area contributed by atoms with Gasteiger partial charge in [-0.15, -0.1) is 0 Å². The first kappa shape index (κ1) is 18.2. The van der Waals surface area contributed by atoms with Gasteiger partial charge in [0.2, 0.25) is 0 Å². The fourth-order valence-electron chi connectivity index (χ4n) is 2.87. The lowest BCUT2D eigenvalue weighted by atomic mass is 10.1. The number of fused-ring (bicyclic) bond motifs is 3. The molecule has 0 saturated carbocycles. The molecule has 0 aliphatic carbocycles. The number of hydrogen-bond acceptors (Lipinski definition) is 6. The molecule has 0 atom stereocenters. The summed E-state index contributed by atoms with van der Waals surface area (Å²) in [5.74, 6) is -1.40. The fourth-order valence-corrected chi connectivity index (χ4v) is 2.87. The SMILES string of the molecule is COc1cc2c(cc1NC(=O)C(=O)NN=Cc1cccnc1)oc1ccccc12. The zero-order valence-electron chi connectivity index (χ0n) is 15.4. The van der Waals surface area contributed by atoms with Crippen molar-refractivity contribution in [3.63, 3.8) is 0 Å². The molecule has 8 nitrogen and oxygen atoms in total. The molecule has 0 bridgehead atoms. The summed E-state index contributed by atoms with van der Waals surface area (Å²) in [6, 6.07) is 14.5. The highest BCUT2D eigenvalue weighted by Crippen LogP contribution is 2.36. The molecule has 144 valence electrons. The quantitative estimate of drug-likeness (QED) is 0.317. The molecule has 2 aromatic carbocycles. The van der Waals surface area contributed by atoms with Gasteiger partial charge in [-0.2, -0.15) is 5.10 Å². The number of furan rings is 1. The zero-order valence-corrected chi connectivity index (χ0v) is 15.4. The number of carbonyl (C=O) groups is 2. The van der Waals surface area contributed by atoms with Gasteiger partial charge in [0.05, 0.1) is 19.0 Å². The highest BCUT2D eigenvalue weighted by molar-refractivity contribution is 6.39. The number of ether oxygens (including phenoxy) is 1. The van der Waals surface area contributed by atoms with E-state index in [-0.39, 0.29) is 0 Å². The van der Waals surface area contributed by atoms with Gasteiger partial charge in [-0.05, 0) is 18.2 Å². The predicted octanol–water partition coefficient (Wildman–Crippen LogP) is 3.08. The summed E-state index contributed by atoms with van der Waals surface area (Å²) >= 11 is 0. The van der Waals surface area contributed by atoms with Crippen molar-refractivity contribution in [1.29, 1.82) is 0 Å². The van der Waals surface area contributed by atoms with Crippen LogP contribution in [0.2, 0.25) is 0 Å². The highest BCUT2D eigenvalue weighted by Gasteiger charge is 2.18. The van der Waals surface area contributed by atoms with Crippen LogP contribution in [0.15, 0.2) is 70.4 Å². The van der Waals surface area contributed by atoms with Gasteiger partial charge in [0.25, 0.3) is 0 Å². The number of rotatable bonds is 4. The molecule has 2 N–H and O–H groups in total. The van der Waals surface area contributed by atoms with Crippen LogP contribution in [0.1, 0.15) is 5.56 Å². The molecule has 0 saturated heterocycles. The monoisotopic (exact) mass is 388 g/mol. The van der Waals surface area contributed by atoms with Crippen LogP contribution in [0.4, 0.5) is 5.69 Å². The Labute approximate surface area is 165 Å². The minimum absolute atomic E-state index is 0.315. The smallest absolute Gasteiger partial charge is 0.329 e. The second-order valence-electron chi connectivity index (χ2n) is 6.09. The molecule has 2 heterocycles. The molecule has 4 aromatic rings. The standard InChI is InChI=1S/C21H16N4O4/c1-28-19-9-15-14-6-2-3-7-17(14)29-18(15)10-16(19)24-20(26)21(27)25-23-12-13-5-4-8-22-11-13/h2-12H,1H3,(H,24,26)(H,25,27). The Morgan fingerprint density at radius 3 is 2.72 bits per heavy atom. The van der Waals surface area contributed by atoms with Gasteiger partial charge >= 0.3 is 11.8 Å². The second-order valence-corrected chi connectivity index (χ2v) is 6.09. The van der Waals surface area contributed by atoms with Gasteiger partial charge in [-0.3, -0.25) is 14.6 Å². The Morgan fingerprint density at radius 2 is 1.93 bits per heavy atom. The summed E-state index contributed by atoms with van der Waals surface area (Å²) in [5, 5.41) is 8.05. The molecule has 0 aliphatic rings. The predicted molar refractivity (Wildman–Crippen MR) is 109 cm³/mol. The van der Waals surface area contributed by atoms with E-state index in [0.717, 1.165) is 16.4 Å². The van der Waals surface area contributed by atoms with Crippen molar-refractivity contribution < 1.29 is 18.7 Å². The first-order chi connectivity index (χ1) is 14.2. The zero-order chi connectivity index (χ0) is 20.2. The average Bonchev–Trinajstić information content (AvgIpc) is 3.11. The largest absolute Gasteiger partial charge is 0.495 e. The highest BCUT2D eigenvalue weighted by atomic mass is 16.5. The number of hydrogen-bond donors (Lipinski definition) is 2. The van der Waals surface area contributed by atoms with E-state index in [9.17, 15) is 9.59 Å². The second kappa shape index (κ2) is 7.81. The molecule has 0 aliphatic heterocycles. The molecule has 8 heteroatoms. The van der Waals surface area contributed by atoms with E-state index < -0.39 is 11.8 Å². The molecule has 0 radical (unpaired) electrons. The molecular weight excluding hydrogens is 372 g/mol. The maximum absolute atomic E-state index is 12.2. The topological polar surface area (TPSA) is 106 Å². The van der Waals surface area contributed by atoms with Gasteiger partial charge in [-0.25, -0.2) is 5.43 Å². The van der Waals surface area contributed by atoms with Crippen molar-refractivity contribution in [1.82, 2.24) is 10.4 Å². The van der Waals surface area contributed by atoms with E-state index in [1.165, 1.54) is 13.3 Å². The van der Waals surface area contributed by atoms with Gasteiger partial charge in [0.1, 0.15) is 16.9 Å². The number of carbonyl (C=O) groups excluding carboxylic acids is 2. The van der Waals surface area contributed by atoms with Gasteiger partial charge in [0, 0.05) is 34.8 Å². The van der Waals surface area contributed by atoms with Crippen LogP contribution in [0.3, 0.4) is 0 Å². The number of methoxy groups -OCH3 is 1. The Kier molecular flexibility index (Phi) is 4.90. The number of hydrazone groups is 1. The van der Waals surface area contributed by atoms with Crippen molar-refractivity contribution in [3.8, 4) is 5.75 Å². The van der Waals surface area contributed by atoms with Crippen molar-refractivity contribution in [2.45, 2.75) is 0 Å². The number of amides is 2. The third-order valence-corrected chi connectivity index (χ3v) is 4.22. The molecule has 29 heavy (non-hydrogen) atoms. The van der Waals surface area contributed by atoms with E-state index in [1.807, 2.05) is 24.3 Å². The summed E-state index contributed by atoms with van der Waals surface area (Å²) in [4.78, 5) is 28.2. The van der Waals surface area contributed by atoms with E-state index in [4.69, 9.17) is 9.15 Å². The van der Waals surface area contributed by atoms with Crippen molar-refractivity contribution in [2.75, 3.05) is 12.4 Å². The number of nitrogens with one attached hydrogen (secondary N) is 2. The van der Waals surface area contributed by atoms with Crippen molar-refractivity contribution in [3.05, 3.63) is 66.5 Å². The normalized spacial score (nSPS) is 11.1. The third kappa shape index (κ3) is 3.77. The molecular formula is C21H16N4O4. The Balaban J connectivity index is 1.53. The number of anilines is 1. The Morgan fingerprint density at radius 1 is 1.07 bits per heavy atom. The lowest BCUT2D eigenvalue weighted by Gasteiger charge is -2.09. The van der Waals surface area contributed by atoms with Crippen molar-refractivity contribution in [2.24, 2.45) is 5.10 Å². The van der Waals surface area contributed by atoms with E-state index in [2.05, 4.69) is 20.8 Å². The summed E-state index contributed by atoms with van der Waals surface area (Å²) in [6.45, 7) is 0. The van der Waals surface area contributed by atoms with Gasteiger partial charge in [-0.1, -0.05) is 24.3 Å². The maximum Gasteiger partial charge on any atom is 0.329 e. The molecule has 0 unspecified atom stereocenters. The number of benzene rings is 2. The lowest BCUT2D eigenvalue weighted by molar-refractivity contribution is -0.136. The minimum Gasteiger partial charge on any atom is -0.495 e. The first-order valence-electron chi connectivity index (χ1n) is 8.69. The molecule has 4 rings (SSSR count). The number of pyridine rings is 1. The molecule has 0 fully saturated rings. The van der Waals surface area contributed by atoms with Crippen LogP contribution >= 0.6 is 0 Å². The third-order valence-electron chi connectivity index (χ3n) is 4.22. The summed E-state index contributed by atoms with van der Waals surface area (Å²) in [6.07, 6.45) is 4.58. The first-order valence-corrected chi connectivity index (χ1v) is 8.69. The summed E-state index contributed by atoms with van der Waals surface area (Å²) in [7, 11) is 1.48. The summed E-state index contributed by atoms with van der Waals surface area (Å²) in [5.41, 5.74) is 4.46. The number of aromatic nitrogens is 1. The summed E-state index contributed by atoms with van der Waals surface area (Å²) < 4.78 is 11.2. The van der Waals surface area contributed by atoms with Crippen LogP contribution in [-0.2, 0) is 9.59 Å². The van der Waals surface area contributed by atoms with E-state index >= 15 is 0 Å². The van der Waals surface area contributed by atoms with E-state index in [1.54, 1.807) is 36.7 Å². The Hall–Kier alpha value is -4.20. The van der Waals surface area contributed by atoms with Gasteiger partial charge < -0.3 is 14.5 Å². The van der Waals surface area contributed by atoms with Crippen LogP contribution in [-0.4, -0.2) is 30.1 Å². The van der Waals surface area contributed by atoms with E-state index in [0.29, 0.717) is 22.6 Å². The molecule has 0 spiro atoms. The van der Waals surface area contributed by atoms with Crippen LogP contribution in [0, 0.1) is 0 Å².